The molecule has 152 valence electrons. The van der Waals surface area contributed by atoms with Crippen LogP contribution in [0, 0.1) is 0 Å². The average Bonchev–Trinajstić information content (AvgIpc) is 3.17. The van der Waals surface area contributed by atoms with Crippen LogP contribution < -0.4 is 4.74 Å². The maximum absolute atomic E-state index is 13.1. The second-order valence-electron chi connectivity index (χ2n) is 6.68. The molecule has 1 heterocycles. The zero-order valence-electron chi connectivity index (χ0n) is 16.3. The second-order valence-corrected chi connectivity index (χ2v) is 8.97. The number of ether oxygens (including phenoxy) is 1. The van der Waals surface area contributed by atoms with Crippen LogP contribution in [0.2, 0.25) is 5.02 Å². The van der Waals surface area contributed by atoms with Crippen LogP contribution in [0.5, 0.6) is 5.75 Å². The van der Waals surface area contributed by atoms with Crippen molar-refractivity contribution in [3.8, 4) is 5.75 Å². The number of thiazole rings is 1. The number of rotatable bonds is 8. The van der Waals surface area contributed by atoms with Crippen molar-refractivity contribution in [3.05, 3.63) is 79.7 Å². The van der Waals surface area contributed by atoms with Gasteiger partial charge in [0.25, 0.3) is 5.91 Å². The molecule has 0 aliphatic carbocycles. The van der Waals surface area contributed by atoms with Crippen LogP contribution in [-0.2, 0) is 13.2 Å². The largest absolute Gasteiger partial charge is 0.486 e. The molecule has 0 saturated heterocycles. The fourth-order valence-electron chi connectivity index (χ4n) is 2.80. The summed E-state index contributed by atoms with van der Waals surface area (Å²) in [4.78, 5) is 19.6. The van der Waals surface area contributed by atoms with Gasteiger partial charge in [0.05, 0.1) is 12.2 Å². The summed E-state index contributed by atoms with van der Waals surface area (Å²) in [6.07, 6.45) is 0.870. The third-order valence-corrected chi connectivity index (χ3v) is 6.14. The predicted molar refractivity (Wildman–Crippen MR) is 122 cm³/mol. The van der Waals surface area contributed by atoms with Gasteiger partial charge in [0, 0.05) is 26.5 Å². The van der Waals surface area contributed by atoms with E-state index >= 15 is 0 Å². The van der Waals surface area contributed by atoms with E-state index in [9.17, 15) is 4.79 Å². The van der Waals surface area contributed by atoms with Crippen LogP contribution in [0.3, 0.4) is 0 Å². The van der Waals surface area contributed by atoms with Gasteiger partial charge in [0.15, 0.2) is 0 Å². The lowest BCUT2D eigenvalue weighted by atomic mass is 10.1. The molecule has 1 unspecified atom stereocenters. The predicted octanol–water partition coefficient (Wildman–Crippen LogP) is 6.58. The van der Waals surface area contributed by atoms with E-state index < -0.39 is 0 Å². The molecule has 0 spiro atoms. The molecule has 0 radical (unpaired) electrons. The summed E-state index contributed by atoms with van der Waals surface area (Å²) >= 11 is 11.0. The lowest BCUT2D eigenvalue weighted by molar-refractivity contribution is 0.0669. The minimum Gasteiger partial charge on any atom is -0.486 e. The van der Waals surface area contributed by atoms with Crippen molar-refractivity contribution in [2.45, 2.75) is 39.5 Å². The molecule has 3 aromatic rings. The Balaban J connectivity index is 1.69. The Labute approximate surface area is 188 Å². The number of halogens is 2. The first kappa shape index (κ1) is 21.8. The van der Waals surface area contributed by atoms with Gasteiger partial charge in [-0.2, -0.15) is 0 Å². The maximum Gasteiger partial charge on any atom is 0.254 e. The van der Waals surface area contributed by atoms with Gasteiger partial charge in [-0.05, 0) is 49.7 Å². The van der Waals surface area contributed by atoms with Crippen molar-refractivity contribution in [2.24, 2.45) is 0 Å². The van der Waals surface area contributed by atoms with E-state index in [2.05, 4.69) is 34.8 Å². The molecule has 1 atom stereocenters. The highest BCUT2D eigenvalue weighted by Gasteiger charge is 2.22. The van der Waals surface area contributed by atoms with Crippen LogP contribution in [0.4, 0.5) is 0 Å². The van der Waals surface area contributed by atoms with Gasteiger partial charge in [-0.15, -0.1) is 11.3 Å². The molecule has 3 rings (SSSR count). The molecule has 7 heteroatoms. The standard InChI is InChI=1S/C22H22BrClN2O2S/c1-3-15(2)26(22(27)16-6-4-7-17(23)10-16)12-19-14-29-21(25-19)13-28-20-9-5-8-18(24)11-20/h4-11,14-15H,3,12-13H2,1-2H3. The van der Waals surface area contributed by atoms with E-state index in [4.69, 9.17) is 16.3 Å². The van der Waals surface area contributed by atoms with Crippen molar-refractivity contribution in [2.75, 3.05) is 0 Å². The van der Waals surface area contributed by atoms with Crippen LogP contribution >= 0.6 is 38.9 Å². The molecular weight excluding hydrogens is 472 g/mol. The zero-order valence-corrected chi connectivity index (χ0v) is 19.4. The van der Waals surface area contributed by atoms with E-state index in [0.29, 0.717) is 29.5 Å². The number of hydrogen-bond acceptors (Lipinski definition) is 4. The Morgan fingerprint density at radius 3 is 2.79 bits per heavy atom. The topological polar surface area (TPSA) is 42.4 Å². The van der Waals surface area contributed by atoms with Crippen molar-refractivity contribution in [1.82, 2.24) is 9.88 Å². The molecule has 29 heavy (non-hydrogen) atoms. The van der Waals surface area contributed by atoms with Crippen molar-refractivity contribution < 1.29 is 9.53 Å². The summed E-state index contributed by atoms with van der Waals surface area (Å²) in [6.45, 7) is 4.98. The third-order valence-electron chi connectivity index (χ3n) is 4.55. The van der Waals surface area contributed by atoms with E-state index in [1.807, 2.05) is 52.7 Å². The van der Waals surface area contributed by atoms with E-state index in [-0.39, 0.29) is 11.9 Å². The molecule has 0 bridgehead atoms. The van der Waals surface area contributed by atoms with Crippen LogP contribution in [0.25, 0.3) is 0 Å². The number of aromatic nitrogens is 1. The van der Waals surface area contributed by atoms with Gasteiger partial charge < -0.3 is 9.64 Å². The number of hydrogen-bond donors (Lipinski definition) is 0. The maximum atomic E-state index is 13.1. The van der Waals surface area contributed by atoms with E-state index in [1.54, 1.807) is 6.07 Å². The highest BCUT2D eigenvalue weighted by molar-refractivity contribution is 9.10. The summed E-state index contributed by atoms with van der Waals surface area (Å²) in [5.41, 5.74) is 1.53. The van der Waals surface area contributed by atoms with Crippen LogP contribution in [-0.4, -0.2) is 21.8 Å². The molecule has 0 aliphatic rings. The highest BCUT2D eigenvalue weighted by atomic mass is 79.9. The molecule has 0 N–H and O–H groups in total. The molecule has 0 fully saturated rings. The average molecular weight is 494 g/mol. The molecule has 4 nitrogen and oxygen atoms in total. The minimum absolute atomic E-state index is 0.00498. The molecule has 0 aliphatic heterocycles. The highest BCUT2D eigenvalue weighted by Crippen LogP contribution is 2.22. The SMILES string of the molecule is CCC(C)N(Cc1csc(COc2cccc(Cl)c2)n1)C(=O)c1cccc(Br)c1. The van der Waals surface area contributed by atoms with Gasteiger partial charge in [-0.1, -0.05) is 46.6 Å². The molecule has 0 saturated carbocycles. The second kappa shape index (κ2) is 10.2. The Bertz CT molecular complexity index is 979. The fourth-order valence-corrected chi connectivity index (χ4v) is 4.08. The van der Waals surface area contributed by atoms with Gasteiger partial charge in [0.2, 0.25) is 0 Å². The summed E-state index contributed by atoms with van der Waals surface area (Å²) < 4.78 is 6.66. The van der Waals surface area contributed by atoms with Crippen LogP contribution in [0.15, 0.2) is 58.4 Å². The first-order valence-corrected chi connectivity index (χ1v) is 11.4. The first-order valence-electron chi connectivity index (χ1n) is 9.34. The summed E-state index contributed by atoms with van der Waals surface area (Å²) in [5.74, 6) is 0.714. The first-order chi connectivity index (χ1) is 14.0. The Morgan fingerprint density at radius 2 is 2.07 bits per heavy atom. The van der Waals surface area contributed by atoms with E-state index in [1.165, 1.54) is 11.3 Å². The Kier molecular flexibility index (Phi) is 7.70. The van der Waals surface area contributed by atoms with Gasteiger partial charge in [0.1, 0.15) is 17.4 Å². The lowest BCUT2D eigenvalue weighted by Gasteiger charge is -2.28. The van der Waals surface area contributed by atoms with E-state index in [0.717, 1.165) is 21.6 Å². The monoisotopic (exact) mass is 492 g/mol. The molecule has 2 aromatic carbocycles. The number of carbonyl (C=O) groups excluding carboxylic acids is 1. The molecular formula is C22H22BrClN2O2S. The smallest absolute Gasteiger partial charge is 0.254 e. The lowest BCUT2D eigenvalue weighted by Crippen LogP contribution is -2.37. The number of amides is 1. The fraction of sp³-hybridized carbons (Fsp3) is 0.273. The van der Waals surface area contributed by atoms with Gasteiger partial charge in [-0.3, -0.25) is 4.79 Å². The summed E-state index contributed by atoms with van der Waals surface area (Å²) in [5, 5.41) is 3.48. The van der Waals surface area contributed by atoms with Crippen molar-refractivity contribution >= 4 is 44.8 Å². The molecule has 1 amide bonds. The van der Waals surface area contributed by atoms with Crippen LogP contribution in [0.1, 0.15) is 41.3 Å². The number of carbonyl (C=O) groups is 1. The van der Waals surface area contributed by atoms with Gasteiger partial charge in [-0.25, -0.2) is 4.98 Å². The number of nitrogens with zero attached hydrogens (tertiary/aromatic N) is 2. The Morgan fingerprint density at radius 1 is 1.28 bits per heavy atom. The van der Waals surface area contributed by atoms with Gasteiger partial charge >= 0.3 is 0 Å². The quantitative estimate of drug-likeness (QED) is 0.356. The normalized spacial score (nSPS) is 11.9. The Hall–Kier alpha value is -1.89. The van der Waals surface area contributed by atoms with Crippen molar-refractivity contribution in [1.29, 1.82) is 0 Å². The summed E-state index contributed by atoms with van der Waals surface area (Å²) in [6, 6.07) is 14.9. The molecule has 1 aromatic heterocycles. The van der Waals surface area contributed by atoms with Crippen molar-refractivity contribution in [3.63, 3.8) is 0 Å². The third kappa shape index (κ3) is 6.04. The minimum atomic E-state index is 0.00498. The summed E-state index contributed by atoms with van der Waals surface area (Å²) in [7, 11) is 0. The zero-order chi connectivity index (χ0) is 20.8. The number of benzene rings is 2.